The first-order chi connectivity index (χ1) is 11.4. The van der Waals surface area contributed by atoms with Crippen molar-refractivity contribution < 1.29 is 17.5 Å². The summed E-state index contributed by atoms with van der Waals surface area (Å²) in [6.07, 6.45) is 0.293. The SMILES string of the molecule is CCO[P+](=O)[C@@H](Cc1ccccc1)NS(=O)(=O)c1ccc(C)cc1. The number of rotatable bonds is 8. The van der Waals surface area contributed by atoms with E-state index in [-0.39, 0.29) is 11.5 Å². The van der Waals surface area contributed by atoms with Crippen LogP contribution < -0.4 is 4.72 Å². The monoisotopic (exact) mass is 366 g/mol. The molecule has 2 aromatic rings. The Labute approximate surface area is 144 Å². The minimum Gasteiger partial charge on any atom is -0.207 e. The van der Waals surface area contributed by atoms with Crippen LogP contribution in [0.3, 0.4) is 0 Å². The molecule has 1 N–H and O–H groups in total. The van der Waals surface area contributed by atoms with E-state index in [4.69, 9.17) is 4.52 Å². The molecular formula is C17H21NO4PS+. The second kappa shape index (κ2) is 8.49. The maximum Gasteiger partial charge on any atom is 0.528 e. The average Bonchev–Trinajstić information content (AvgIpc) is 2.55. The van der Waals surface area contributed by atoms with E-state index in [1.807, 2.05) is 37.3 Å². The summed E-state index contributed by atoms with van der Waals surface area (Å²) in [5.74, 6) is -0.825. The lowest BCUT2D eigenvalue weighted by Gasteiger charge is -2.10. The molecule has 0 spiro atoms. The summed E-state index contributed by atoms with van der Waals surface area (Å²) < 4.78 is 45.1. The van der Waals surface area contributed by atoms with E-state index in [2.05, 4.69) is 4.72 Å². The largest absolute Gasteiger partial charge is 0.528 e. The minimum absolute atomic E-state index is 0.145. The van der Waals surface area contributed by atoms with Gasteiger partial charge in [-0.2, -0.15) is 4.72 Å². The minimum atomic E-state index is -3.77. The molecule has 0 amide bonds. The highest BCUT2D eigenvalue weighted by atomic mass is 32.2. The zero-order chi connectivity index (χ0) is 17.6. The first kappa shape index (κ1) is 18.7. The van der Waals surface area contributed by atoms with Crippen molar-refractivity contribution in [3.63, 3.8) is 0 Å². The van der Waals surface area contributed by atoms with Crippen LogP contribution >= 0.6 is 8.03 Å². The second-order valence-electron chi connectivity index (χ2n) is 5.34. The van der Waals surface area contributed by atoms with Crippen LogP contribution in [-0.4, -0.2) is 20.8 Å². The van der Waals surface area contributed by atoms with Gasteiger partial charge in [0.25, 0.3) is 5.78 Å². The van der Waals surface area contributed by atoms with Gasteiger partial charge in [-0.25, -0.2) is 8.42 Å². The normalized spacial score (nSPS) is 13.5. The molecule has 0 saturated heterocycles. The summed E-state index contributed by atoms with van der Waals surface area (Å²) in [4.78, 5) is 0.145. The molecule has 2 rings (SSSR count). The summed E-state index contributed by atoms with van der Waals surface area (Å²) >= 11 is 0. The molecule has 5 nitrogen and oxygen atoms in total. The number of benzene rings is 2. The third-order valence-corrected chi connectivity index (χ3v) is 6.40. The Bertz CT molecular complexity index is 776. The molecule has 0 radical (unpaired) electrons. The number of nitrogens with one attached hydrogen (secondary N) is 1. The summed E-state index contributed by atoms with van der Waals surface area (Å²) in [5, 5.41) is 0. The quantitative estimate of drug-likeness (QED) is 0.724. The number of sulfonamides is 1. The van der Waals surface area contributed by atoms with Crippen molar-refractivity contribution in [2.75, 3.05) is 6.61 Å². The Kier molecular flexibility index (Phi) is 6.63. The van der Waals surface area contributed by atoms with Crippen LogP contribution in [-0.2, 0) is 25.5 Å². The van der Waals surface area contributed by atoms with Gasteiger partial charge in [0.1, 0.15) is 0 Å². The van der Waals surface area contributed by atoms with Crippen molar-refractivity contribution in [2.45, 2.75) is 30.9 Å². The summed E-state index contributed by atoms with van der Waals surface area (Å²) in [7, 11) is -5.94. The molecule has 2 atom stereocenters. The summed E-state index contributed by atoms with van der Waals surface area (Å²) in [6, 6.07) is 15.8. The topological polar surface area (TPSA) is 72.5 Å². The molecule has 128 valence electrons. The molecule has 0 aromatic heterocycles. The number of hydrogen-bond donors (Lipinski definition) is 1. The fraction of sp³-hybridized carbons (Fsp3) is 0.294. The van der Waals surface area contributed by atoms with Crippen LogP contribution in [0.25, 0.3) is 0 Å². The fourth-order valence-electron chi connectivity index (χ4n) is 2.18. The van der Waals surface area contributed by atoms with Gasteiger partial charge in [-0.1, -0.05) is 48.0 Å². The molecule has 0 saturated carbocycles. The highest BCUT2D eigenvalue weighted by molar-refractivity contribution is 7.89. The molecule has 0 aliphatic heterocycles. The Morgan fingerprint density at radius 3 is 2.29 bits per heavy atom. The van der Waals surface area contributed by atoms with E-state index in [0.29, 0.717) is 6.42 Å². The van der Waals surface area contributed by atoms with E-state index in [1.54, 1.807) is 19.1 Å². The van der Waals surface area contributed by atoms with E-state index in [0.717, 1.165) is 11.1 Å². The molecule has 0 fully saturated rings. The van der Waals surface area contributed by atoms with Crippen LogP contribution in [0.5, 0.6) is 0 Å². The predicted molar refractivity (Wildman–Crippen MR) is 94.7 cm³/mol. The van der Waals surface area contributed by atoms with Crippen LogP contribution in [0.15, 0.2) is 59.5 Å². The van der Waals surface area contributed by atoms with Crippen molar-refractivity contribution in [3.05, 3.63) is 65.7 Å². The maximum atomic E-state index is 12.6. The summed E-state index contributed by atoms with van der Waals surface area (Å²) in [6.45, 7) is 3.86. The van der Waals surface area contributed by atoms with Gasteiger partial charge in [-0.05, 0) is 36.1 Å². The smallest absolute Gasteiger partial charge is 0.207 e. The van der Waals surface area contributed by atoms with E-state index < -0.39 is 23.8 Å². The standard InChI is InChI=1S/C17H21NO4PS/c1-3-22-23(19)17(13-15-7-5-4-6-8-15)18-24(20,21)16-11-9-14(2)10-12-16/h4-12,17-18H,3,13H2,1-2H3/q+1/t17-/m0/s1. The third kappa shape index (κ3) is 5.21. The van der Waals surface area contributed by atoms with Gasteiger partial charge in [-0.3, -0.25) is 0 Å². The summed E-state index contributed by atoms with van der Waals surface area (Å²) in [5.41, 5.74) is 1.85. The van der Waals surface area contributed by atoms with Gasteiger partial charge in [-0.15, -0.1) is 4.52 Å². The molecule has 24 heavy (non-hydrogen) atoms. The first-order valence-corrected chi connectivity index (χ1v) is 10.4. The number of hydrogen-bond acceptors (Lipinski definition) is 4. The molecule has 7 heteroatoms. The van der Waals surface area contributed by atoms with Crippen molar-refractivity contribution in [1.29, 1.82) is 0 Å². The highest BCUT2D eigenvalue weighted by Gasteiger charge is 2.36. The molecular weight excluding hydrogens is 345 g/mol. The average molecular weight is 366 g/mol. The van der Waals surface area contributed by atoms with Crippen molar-refractivity contribution in [1.82, 2.24) is 4.72 Å². The zero-order valence-corrected chi connectivity index (χ0v) is 15.4. The lowest BCUT2D eigenvalue weighted by atomic mass is 10.1. The molecule has 2 aromatic carbocycles. The van der Waals surface area contributed by atoms with Crippen LogP contribution in [0, 0.1) is 6.92 Å². The lowest BCUT2D eigenvalue weighted by molar-refractivity contribution is 0.341. The van der Waals surface area contributed by atoms with Crippen LogP contribution in [0.2, 0.25) is 0 Å². The third-order valence-electron chi connectivity index (χ3n) is 3.41. The van der Waals surface area contributed by atoms with Gasteiger partial charge in [0, 0.05) is 6.42 Å². The van der Waals surface area contributed by atoms with Gasteiger partial charge in [0.05, 0.1) is 11.5 Å². The Balaban J connectivity index is 2.23. The van der Waals surface area contributed by atoms with Crippen molar-refractivity contribution in [2.24, 2.45) is 0 Å². The number of aryl methyl sites for hydroxylation is 1. The van der Waals surface area contributed by atoms with Gasteiger partial charge >= 0.3 is 8.03 Å². The molecule has 0 aliphatic rings. The van der Waals surface area contributed by atoms with E-state index in [1.165, 1.54) is 12.1 Å². The molecule has 1 unspecified atom stereocenters. The van der Waals surface area contributed by atoms with Gasteiger partial charge in [0.15, 0.2) is 0 Å². The van der Waals surface area contributed by atoms with Crippen molar-refractivity contribution in [3.8, 4) is 0 Å². The van der Waals surface area contributed by atoms with Crippen LogP contribution in [0.1, 0.15) is 18.1 Å². The van der Waals surface area contributed by atoms with Crippen LogP contribution in [0.4, 0.5) is 0 Å². The fourth-order valence-corrected chi connectivity index (χ4v) is 4.81. The lowest BCUT2D eigenvalue weighted by Crippen LogP contribution is -2.34. The van der Waals surface area contributed by atoms with Gasteiger partial charge < -0.3 is 0 Å². The predicted octanol–water partition coefficient (Wildman–Crippen LogP) is 3.62. The Hall–Kier alpha value is -1.59. The van der Waals surface area contributed by atoms with E-state index >= 15 is 0 Å². The molecule has 0 bridgehead atoms. The Morgan fingerprint density at radius 1 is 1.08 bits per heavy atom. The maximum absolute atomic E-state index is 12.6. The molecule has 0 aliphatic carbocycles. The second-order valence-corrected chi connectivity index (χ2v) is 8.51. The van der Waals surface area contributed by atoms with E-state index in [9.17, 15) is 13.0 Å². The zero-order valence-electron chi connectivity index (χ0n) is 13.7. The molecule has 0 heterocycles. The Morgan fingerprint density at radius 2 is 1.71 bits per heavy atom. The van der Waals surface area contributed by atoms with Gasteiger partial charge in [0.2, 0.25) is 10.0 Å². The highest BCUT2D eigenvalue weighted by Crippen LogP contribution is 2.31. The first-order valence-electron chi connectivity index (χ1n) is 7.64. The van der Waals surface area contributed by atoms with Crippen molar-refractivity contribution >= 4 is 18.1 Å².